The molecular formula is C11H14FN. The zero-order valence-electron chi connectivity index (χ0n) is 7.59. The first-order valence-electron chi connectivity index (χ1n) is 4.85. The standard InChI is InChI=1S/C11H14FN/c12-10-6-4-9(5-7-10)11-3-1-2-8-13-11/h4-7,11,13H,1-3,8H2/t11-/m0/s1. The Labute approximate surface area is 78.0 Å². The van der Waals surface area contributed by atoms with E-state index in [1.165, 1.54) is 37.0 Å². The summed E-state index contributed by atoms with van der Waals surface area (Å²) in [5.41, 5.74) is 1.21. The van der Waals surface area contributed by atoms with E-state index in [-0.39, 0.29) is 5.82 Å². The monoisotopic (exact) mass is 179 g/mol. The first-order valence-corrected chi connectivity index (χ1v) is 4.85. The van der Waals surface area contributed by atoms with Crippen molar-refractivity contribution in [1.29, 1.82) is 0 Å². The third-order valence-corrected chi connectivity index (χ3v) is 2.58. The molecule has 1 saturated heterocycles. The van der Waals surface area contributed by atoms with Crippen molar-refractivity contribution in [1.82, 2.24) is 5.32 Å². The fourth-order valence-electron chi connectivity index (χ4n) is 1.83. The van der Waals surface area contributed by atoms with Crippen LogP contribution in [-0.4, -0.2) is 6.54 Å². The number of piperidine rings is 1. The van der Waals surface area contributed by atoms with E-state index in [0.29, 0.717) is 6.04 Å². The predicted octanol–water partition coefficient (Wildman–Crippen LogP) is 2.64. The molecule has 1 aliphatic heterocycles. The van der Waals surface area contributed by atoms with Gasteiger partial charge in [0.25, 0.3) is 0 Å². The van der Waals surface area contributed by atoms with Crippen LogP contribution in [0.1, 0.15) is 30.9 Å². The lowest BCUT2D eigenvalue weighted by Gasteiger charge is -2.23. The predicted molar refractivity (Wildman–Crippen MR) is 51.0 cm³/mol. The van der Waals surface area contributed by atoms with Gasteiger partial charge in [0.1, 0.15) is 5.82 Å². The topological polar surface area (TPSA) is 12.0 Å². The molecule has 2 rings (SSSR count). The second-order valence-electron chi connectivity index (χ2n) is 3.55. The highest BCUT2D eigenvalue weighted by atomic mass is 19.1. The van der Waals surface area contributed by atoms with E-state index in [0.717, 1.165) is 6.54 Å². The van der Waals surface area contributed by atoms with Crippen LogP contribution < -0.4 is 5.32 Å². The van der Waals surface area contributed by atoms with Gasteiger partial charge in [-0.25, -0.2) is 4.39 Å². The van der Waals surface area contributed by atoms with Crippen LogP contribution in [0.25, 0.3) is 0 Å². The summed E-state index contributed by atoms with van der Waals surface area (Å²) in [5, 5.41) is 3.43. The second kappa shape index (κ2) is 3.88. The average Bonchev–Trinajstić information content (AvgIpc) is 2.20. The first kappa shape index (κ1) is 8.70. The molecule has 1 atom stereocenters. The molecule has 1 fully saturated rings. The molecule has 0 saturated carbocycles. The van der Waals surface area contributed by atoms with Gasteiger partial charge in [-0.05, 0) is 37.1 Å². The number of benzene rings is 1. The molecule has 70 valence electrons. The highest BCUT2D eigenvalue weighted by Gasteiger charge is 2.13. The molecule has 0 unspecified atom stereocenters. The lowest BCUT2D eigenvalue weighted by atomic mass is 9.98. The van der Waals surface area contributed by atoms with Crippen molar-refractivity contribution in [3.8, 4) is 0 Å². The molecule has 1 aliphatic rings. The van der Waals surface area contributed by atoms with Crippen molar-refractivity contribution < 1.29 is 4.39 Å². The van der Waals surface area contributed by atoms with Crippen LogP contribution >= 0.6 is 0 Å². The molecule has 1 nitrogen and oxygen atoms in total. The van der Waals surface area contributed by atoms with Crippen molar-refractivity contribution in [3.63, 3.8) is 0 Å². The summed E-state index contributed by atoms with van der Waals surface area (Å²) in [7, 11) is 0. The maximum absolute atomic E-state index is 12.6. The average molecular weight is 179 g/mol. The van der Waals surface area contributed by atoms with Crippen LogP contribution in [0.2, 0.25) is 0 Å². The molecule has 2 heteroatoms. The van der Waals surface area contributed by atoms with Crippen LogP contribution in [0.3, 0.4) is 0 Å². The number of halogens is 1. The Morgan fingerprint density at radius 2 is 1.92 bits per heavy atom. The summed E-state index contributed by atoms with van der Waals surface area (Å²) < 4.78 is 12.6. The molecule has 0 aliphatic carbocycles. The van der Waals surface area contributed by atoms with Crippen molar-refractivity contribution >= 4 is 0 Å². The van der Waals surface area contributed by atoms with E-state index in [4.69, 9.17) is 0 Å². The minimum Gasteiger partial charge on any atom is -0.310 e. The Balaban J connectivity index is 2.10. The van der Waals surface area contributed by atoms with Crippen LogP contribution in [-0.2, 0) is 0 Å². The Morgan fingerprint density at radius 3 is 2.54 bits per heavy atom. The van der Waals surface area contributed by atoms with Crippen molar-refractivity contribution in [2.45, 2.75) is 25.3 Å². The molecule has 0 radical (unpaired) electrons. The molecule has 13 heavy (non-hydrogen) atoms. The maximum Gasteiger partial charge on any atom is 0.123 e. The largest absolute Gasteiger partial charge is 0.310 e. The normalized spacial score (nSPS) is 23.0. The van der Waals surface area contributed by atoms with Gasteiger partial charge in [-0.1, -0.05) is 18.6 Å². The van der Waals surface area contributed by atoms with Crippen LogP contribution in [0.4, 0.5) is 4.39 Å². The summed E-state index contributed by atoms with van der Waals surface area (Å²) in [5.74, 6) is -0.153. The van der Waals surface area contributed by atoms with Crippen molar-refractivity contribution in [2.75, 3.05) is 6.54 Å². The Morgan fingerprint density at radius 1 is 1.15 bits per heavy atom. The second-order valence-corrected chi connectivity index (χ2v) is 3.55. The van der Waals surface area contributed by atoms with Crippen LogP contribution in [0, 0.1) is 5.82 Å². The van der Waals surface area contributed by atoms with Gasteiger partial charge in [0.2, 0.25) is 0 Å². The summed E-state index contributed by atoms with van der Waals surface area (Å²) in [6.45, 7) is 1.09. The van der Waals surface area contributed by atoms with Gasteiger partial charge in [-0.3, -0.25) is 0 Å². The highest BCUT2D eigenvalue weighted by molar-refractivity contribution is 5.20. The zero-order chi connectivity index (χ0) is 9.10. The quantitative estimate of drug-likeness (QED) is 0.698. The van der Waals surface area contributed by atoms with Crippen LogP contribution in [0.15, 0.2) is 24.3 Å². The first-order chi connectivity index (χ1) is 6.36. The van der Waals surface area contributed by atoms with E-state index in [1.54, 1.807) is 0 Å². The number of hydrogen-bond acceptors (Lipinski definition) is 1. The van der Waals surface area contributed by atoms with Gasteiger partial charge in [0, 0.05) is 6.04 Å². The lowest BCUT2D eigenvalue weighted by molar-refractivity contribution is 0.412. The molecular weight excluding hydrogens is 165 g/mol. The number of hydrogen-bond donors (Lipinski definition) is 1. The lowest BCUT2D eigenvalue weighted by Crippen LogP contribution is -2.26. The minimum atomic E-state index is -0.153. The van der Waals surface area contributed by atoms with Gasteiger partial charge < -0.3 is 5.32 Å². The third kappa shape index (κ3) is 2.07. The molecule has 1 N–H and O–H groups in total. The van der Waals surface area contributed by atoms with Gasteiger partial charge in [0.15, 0.2) is 0 Å². The summed E-state index contributed by atoms with van der Waals surface area (Å²) in [6.07, 6.45) is 3.71. The molecule has 0 spiro atoms. The molecule has 0 amide bonds. The summed E-state index contributed by atoms with van der Waals surface area (Å²) in [4.78, 5) is 0. The van der Waals surface area contributed by atoms with Gasteiger partial charge in [0.05, 0.1) is 0 Å². The summed E-state index contributed by atoms with van der Waals surface area (Å²) >= 11 is 0. The van der Waals surface area contributed by atoms with E-state index in [1.807, 2.05) is 12.1 Å². The van der Waals surface area contributed by atoms with E-state index in [2.05, 4.69) is 5.32 Å². The van der Waals surface area contributed by atoms with Crippen LogP contribution in [0.5, 0.6) is 0 Å². The molecule has 1 aromatic carbocycles. The molecule has 1 aromatic rings. The smallest absolute Gasteiger partial charge is 0.123 e. The van der Waals surface area contributed by atoms with Crippen molar-refractivity contribution in [3.05, 3.63) is 35.6 Å². The summed E-state index contributed by atoms with van der Waals surface area (Å²) in [6, 6.07) is 7.25. The fourth-order valence-corrected chi connectivity index (χ4v) is 1.83. The van der Waals surface area contributed by atoms with Gasteiger partial charge in [-0.2, -0.15) is 0 Å². The minimum absolute atomic E-state index is 0.153. The van der Waals surface area contributed by atoms with E-state index >= 15 is 0 Å². The Kier molecular flexibility index (Phi) is 2.60. The van der Waals surface area contributed by atoms with E-state index in [9.17, 15) is 4.39 Å². The fraction of sp³-hybridized carbons (Fsp3) is 0.455. The van der Waals surface area contributed by atoms with Gasteiger partial charge in [-0.15, -0.1) is 0 Å². The number of rotatable bonds is 1. The zero-order valence-corrected chi connectivity index (χ0v) is 7.59. The molecule has 0 bridgehead atoms. The molecule has 1 heterocycles. The Bertz CT molecular complexity index is 262. The third-order valence-electron chi connectivity index (χ3n) is 2.58. The SMILES string of the molecule is Fc1ccc([C@@H]2CCCCN2)cc1. The van der Waals surface area contributed by atoms with E-state index < -0.39 is 0 Å². The number of nitrogens with one attached hydrogen (secondary N) is 1. The highest BCUT2D eigenvalue weighted by Crippen LogP contribution is 2.22. The van der Waals surface area contributed by atoms with Gasteiger partial charge >= 0.3 is 0 Å². The maximum atomic E-state index is 12.6. The Hall–Kier alpha value is -0.890. The molecule has 0 aromatic heterocycles. The van der Waals surface area contributed by atoms with Crippen molar-refractivity contribution in [2.24, 2.45) is 0 Å².